The van der Waals surface area contributed by atoms with E-state index in [1.54, 1.807) is 15.7 Å². The van der Waals surface area contributed by atoms with Crippen LogP contribution in [0.25, 0.3) is 5.65 Å². The highest BCUT2D eigenvalue weighted by Crippen LogP contribution is 2.19. The molecule has 4 aromatic heterocycles. The van der Waals surface area contributed by atoms with E-state index in [-0.39, 0.29) is 12.4 Å². The highest BCUT2D eigenvalue weighted by Gasteiger charge is 2.17. The van der Waals surface area contributed by atoms with E-state index in [0.29, 0.717) is 17.2 Å². The standard InChI is InChI=1S/C20H20N4O2S/c1-14-12-17(15(2)23(14)10-8-16-6-5-11-27-16)18(25)13-26-20-22-21-19-7-3-4-9-24(19)20/h3-7,9,11-12H,8,10,13H2,1-2H3. The van der Waals surface area contributed by atoms with Gasteiger partial charge in [0.15, 0.2) is 12.3 Å². The van der Waals surface area contributed by atoms with Crippen molar-refractivity contribution < 1.29 is 9.53 Å². The summed E-state index contributed by atoms with van der Waals surface area (Å²) in [5.74, 6) is -0.0573. The summed E-state index contributed by atoms with van der Waals surface area (Å²) >= 11 is 1.76. The third kappa shape index (κ3) is 3.50. The summed E-state index contributed by atoms with van der Waals surface area (Å²) < 4.78 is 9.54. The largest absolute Gasteiger partial charge is 0.455 e. The highest BCUT2D eigenvalue weighted by atomic mass is 32.1. The van der Waals surface area contributed by atoms with E-state index in [4.69, 9.17) is 4.74 Å². The summed E-state index contributed by atoms with van der Waals surface area (Å²) in [6, 6.07) is 12.1. The molecule has 138 valence electrons. The topological polar surface area (TPSA) is 61.4 Å². The van der Waals surface area contributed by atoms with Crippen molar-refractivity contribution in [1.82, 2.24) is 19.2 Å². The van der Waals surface area contributed by atoms with E-state index in [9.17, 15) is 4.79 Å². The van der Waals surface area contributed by atoms with E-state index >= 15 is 0 Å². The molecule has 4 rings (SSSR count). The van der Waals surface area contributed by atoms with Crippen molar-refractivity contribution in [2.75, 3.05) is 6.61 Å². The van der Waals surface area contributed by atoms with Crippen molar-refractivity contribution in [2.45, 2.75) is 26.8 Å². The number of carbonyl (C=O) groups is 1. The zero-order chi connectivity index (χ0) is 18.8. The fourth-order valence-electron chi connectivity index (χ4n) is 3.23. The molecule has 0 aliphatic heterocycles. The van der Waals surface area contributed by atoms with E-state index in [1.807, 2.05) is 44.3 Å². The summed E-state index contributed by atoms with van der Waals surface area (Å²) in [5, 5.41) is 10.1. The first-order chi connectivity index (χ1) is 13.1. The van der Waals surface area contributed by atoms with Crippen molar-refractivity contribution in [1.29, 1.82) is 0 Å². The fraction of sp³-hybridized carbons (Fsp3) is 0.250. The predicted octanol–water partition coefficient (Wildman–Crippen LogP) is 3.71. The molecule has 0 fully saturated rings. The number of rotatable bonds is 7. The van der Waals surface area contributed by atoms with Crippen LogP contribution in [0.4, 0.5) is 0 Å². The molecule has 0 amide bonds. The van der Waals surface area contributed by atoms with Crippen molar-refractivity contribution in [3.05, 3.63) is 69.8 Å². The van der Waals surface area contributed by atoms with Crippen molar-refractivity contribution >= 4 is 22.8 Å². The van der Waals surface area contributed by atoms with Crippen LogP contribution < -0.4 is 4.74 Å². The minimum Gasteiger partial charge on any atom is -0.455 e. The van der Waals surface area contributed by atoms with Crippen LogP contribution in [0.5, 0.6) is 6.01 Å². The smallest absolute Gasteiger partial charge is 0.321 e. The third-order valence-corrected chi connectivity index (χ3v) is 5.59. The second-order valence-corrected chi connectivity index (χ2v) is 7.42. The Bertz CT molecular complexity index is 1080. The molecule has 7 heteroatoms. The molecule has 0 bridgehead atoms. The van der Waals surface area contributed by atoms with Gasteiger partial charge in [0.05, 0.1) is 0 Å². The Morgan fingerprint density at radius 2 is 2.07 bits per heavy atom. The number of ketones is 1. The molecule has 0 saturated carbocycles. The molecule has 0 unspecified atom stereocenters. The predicted molar refractivity (Wildman–Crippen MR) is 105 cm³/mol. The molecular weight excluding hydrogens is 360 g/mol. The number of hydrogen-bond donors (Lipinski definition) is 0. The minimum absolute atomic E-state index is 0.0573. The molecule has 0 N–H and O–H groups in total. The van der Waals surface area contributed by atoms with E-state index in [0.717, 1.165) is 24.4 Å². The molecule has 4 aromatic rings. The van der Waals surface area contributed by atoms with Gasteiger partial charge in [0.2, 0.25) is 5.78 Å². The SMILES string of the molecule is Cc1cc(C(=O)COc2nnc3ccccn23)c(C)n1CCc1cccs1. The summed E-state index contributed by atoms with van der Waals surface area (Å²) in [7, 11) is 0. The average molecular weight is 380 g/mol. The van der Waals surface area contributed by atoms with Crippen LogP contribution in [0.1, 0.15) is 26.6 Å². The molecule has 0 atom stereocenters. The molecule has 0 aliphatic rings. The number of aryl methyl sites for hydroxylation is 2. The number of aromatic nitrogens is 4. The van der Waals surface area contributed by atoms with E-state index in [2.05, 4.69) is 32.3 Å². The molecule has 0 aromatic carbocycles. The number of carbonyl (C=O) groups excluding carboxylic acids is 1. The monoisotopic (exact) mass is 380 g/mol. The molecule has 6 nitrogen and oxygen atoms in total. The Balaban J connectivity index is 1.46. The van der Waals surface area contributed by atoms with Crippen molar-refractivity contribution in [3.8, 4) is 6.01 Å². The molecule has 4 heterocycles. The van der Waals surface area contributed by atoms with E-state index < -0.39 is 0 Å². The van der Waals surface area contributed by atoms with Gasteiger partial charge in [-0.3, -0.25) is 9.20 Å². The Kier molecular flexibility index (Phi) is 4.77. The zero-order valence-electron chi connectivity index (χ0n) is 15.3. The Morgan fingerprint density at radius 1 is 1.19 bits per heavy atom. The van der Waals surface area contributed by atoms with Crippen LogP contribution in [0.2, 0.25) is 0 Å². The molecule has 0 spiro atoms. The Labute approximate surface area is 161 Å². The van der Waals surface area contributed by atoms with Gasteiger partial charge in [-0.1, -0.05) is 17.2 Å². The van der Waals surface area contributed by atoms with Gasteiger partial charge in [-0.2, -0.15) is 0 Å². The number of Topliss-reactive ketones (excluding diaryl/α,β-unsaturated/α-hetero) is 1. The lowest BCUT2D eigenvalue weighted by Crippen LogP contribution is -2.14. The Hall–Kier alpha value is -2.93. The number of ether oxygens (including phenoxy) is 1. The minimum atomic E-state index is -0.0646. The number of thiophene rings is 1. The highest BCUT2D eigenvalue weighted by molar-refractivity contribution is 7.09. The first kappa shape index (κ1) is 17.5. The normalized spacial score (nSPS) is 11.2. The second-order valence-electron chi connectivity index (χ2n) is 6.39. The first-order valence-corrected chi connectivity index (χ1v) is 9.66. The summed E-state index contributed by atoms with van der Waals surface area (Å²) in [5.41, 5.74) is 3.45. The lowest BCUT2D eigenvalue weighted by molar-refractivity contribution is 0.0912. The summed E-state index contributed by atoms with van der Waals surface area (Å²) in [4.78, 5) is 14.0. The van der Waals surface area contributed by atoms with Gasteiger partial charge in [-0.15, -0.1) is 16.4 Å². The van der Waals surface area contributed by atoms with Crippen LogP contribution in [-0.4, -0.2) is 31.6 Å². The molecule has 27 heavy (non-hydrogen) atoms. The van der Waals surface area contributed by atoms with Crippen LogP contribution in [0, 0.1) is 13.8 Å². The number of nitrogens with zero attached hydrogens (tertiary/aromatic N) is 4. The maximum atomic E-state index is 12.7. The van der Waals surface area contributed by atoms with Gasteiger partial charge in [0, 0.05) is 34.6 Å². The summed E-state index contributed by atoms with van der Waals surface area (Å²) in [6.07, 6.45) is 2.77. The zero-order valence-corrected chi connectivity index (χ0v) is 16.1. The number of pyridine rings is 1. The summed E-state index contributed by atoms with van der Waals surface area (Å²) in [6.45, 7) is 4.82. The van der Waals surface area contributed by atoms with Gasteiger partial charge in [-0.05, 0) is 49.9 Å². The van der Waals surface area contributed by atoms with Crippen LogP contribution >= 0.6 is 11.3 Å². The van der Waals surface area contributed by atoms with Gasteiger partial charge >= 0.3 is 6.01 Å². The van der Waals surface area contributed by atoms with Gasteiger partial charge in [-0.25, -0.2) is 0 Å². The van der Waals surface area contributed by atoms with E-state index in [1.165, 1.54) is 4.88 Å². The molecule has 0 radical (unpaired) electrons. The quantitative estimate of drug-likeness (QED) is 0.459. The Morgan fingerprint density at radius 3 is 2.89 bits per heavy atom. The number of hydrogen-bond acceptors (Lipinski definition) is 5. The molecule has 0 aliphatic carbocycles. The van der Waals surface area contributed by atoms with Gasteiger partial charge in [0.25, 0.3) is 0 Å². The van der Waals surface area contributed by atoms with Crippen LogP contribution in [0.15, 0.2) is 48.0 Å². The van der Waals surface area contributed by atoms with Crippen molar-refractivity contribution in [2.24, 2.45) is 0 Å². The van der Waals surface area contributed by atoms with Crippen LogP contribution in [-0.2, 0) is 13.0 Å². The molecular formula is C20H20N4O2S. The lowest BCUT2D eigenvalue weighted by atomic mass is 10.1. The second kappa shape index (κ2) is 7.36. The maximum absolute atomic E-state index is 12.7. The van der Waals surface area contributed by atoms with Gasteiger partial charge < -0.3 is 9.30 Å². The number of fused-ring (bicyclic) bond motifs is 1. The fourth-order valence-corrected chi connectivity index (χ4v) is 3.93. The van der Waals surface area contributed by atoms with Crippen LogP contribution in [0.3, 0.4) is 0 Å². The third-order valence-electron chi connectivity index (χ3n) is 4.65. The first-order valence-electron chi connectivity index (χ1n) is 8.78. The maximum Gasteiger partial charge on any atom is 0.321 e. The average Bonchev–Trinajstić information content (AvgIpc) is 3.39. The lowest BCUT2D eigenvalue weighted by Gasteiger charge is -2.09. The van der Waals surface area contributed by atoms with Gasteiger partial charge in [0.1, 0.15) is 0 Å². The van der Waals surface area contributed by atoms with Crippen molar-refractivity contribution in [3.63, 3.8) is 0 Å². The molecule has 0 saturated heterocycles.